The number of rotatable bonds is 5. The van der Waals surface area contributed by atoms with Crippen LogP contribution >= 0.6 is 28.1 Å². The van der Waals surface area contributed by atoms with E-state index in [-0.39, 0.29) is 17.2 Å². The molecule has 0 unspecified atom stereocenters. The van der Waals surface area contributed by atoms with E-state index in [1.165, 1.54) is 7.11 Å². The molecule has 0 spiro atoms. The lowest BCUT2D eigenvalue weighted by Crippen LogP contribution is -2.12. The number of esters is 1. The average molecular weight is 355 g/mol. The van der Waals surface area contributed by atoms with E-state index in [0.717, 1.165) is 5.56 Å². The van der Waals surface area contributed by atoms with Crippen LogP contribution in [0.25, 0.3) is 6.08 Å². The number of hydrogen-bond acceptors (Lipinski definition) is 5. The van der Waals surface area contributed by atoms with Crippen molar-refractivity contribution in [2.45, 2.75) is 0 Å². The molecule has 0 aliphatic rings. The first-order valence-electron chi connectivity index (χ1n) is 5.38. The number of carbonyl (C=O) groups excluding carboxylic acids is 1. The first kappa shape index (κ1) is 16.1. The molecule has 0 fully saturated rings. The van der Waals surface area contributed by atoms with E-state index in [0.29, 0.717) is 10.2 Å². The molecule has 20 heavy (non-hydrogen) atoms. The largest absolute Gasteiger partial charge is 0.481 e. The van der Waals surface area contributed by atoms with Crippen molar-refractivity contribution in [3.8, 4) is 11.8 Å². The molecule has 1 aromatic carbocycles. The summed E-state index contributed by atoms with van der Waals surface area (Å²) < 4.78 is 10.4. The van der Waals surface area contributed by atoms with Crippen molar-refractivity contribution in [1.82, 2.24) is 0 Å². The highest BCUT2D eigenvalue weighted by Gasteiger charge is 2.07. The van der Waals surface area contributed by atoms with Crippen LogP contribution in [-0.2, 0) is 9.53 Å². The maximum absolute atomic E-state index is 11.0. The predicted molar refractivity (Wildman–Crippen MR) is 82.0 cm³/mol. The van der Waals surface area contributed by atoms with Crippen LogP contribution in [0.2, 0.25) is 0 Å². The SMILES string of the molecule is COC(=O)COc1ccc(/C=C(\C#N)C(N)=S)cc1Br. The number of halogens is 1. The van der Waals surface area contributed by atoms with Crippen LogP contribution in [0.15, 0.2) is 28.2 Å². The van der Waals surface area contributed by atoms with E-state index in [9.17, 15) is 4.79 Å². The minimum Gasteiger partial charge on any atom is -0.481 e. The number of carbonyl (C=O) groups is 1. The number of nitrogens with zero attached hydrogens (tertiary/aromatic N) is 1. The van der Waals surface area contributed by atoms with Crippen LogP contribution in [0.1, 0.15) is 5.56 Å². The normalized spacial score (nSPS) is 10.6. The van der Waals surface area contributed by atoms with Gasteiger partial charge >= 0.3 is 5.97 Å². The summed E-state index contributed by atoms with van der Waals surface area (Å²) in [6.07, 6.45) is 1.57. The molecule has 0 aromatic heterocycles. The summed E-state index contributed by atoms with van der Waals surface area (Å²) in [5.41, 5.74) is 6.36. The Morgan fingerprint density at radius 3 is 2.80 bits per heavy atom. The molecule has 0 heterocycles. The van der Waals surface area contributed by atoms with Gasteiger partial charge in [-0.15, -0.1) is 0 Å². The van der Waals surface area contributed by atoms with Gasteiger partial charge in [0.1, 0.15) is 16.8 Å². The van der Waals surface area contributed by atoms with Gasteiger partial charge in [-0.25, -0.2) is 4.79 Å². The molecule has 2 N–H and O–H groups in total. The third-order valence-electron chi connectivity index (χ3n) is 2.23. The zero-order valence-electron chi connectivity index (χ0n) is 10.6. The van der Waals surface area contributed by atoms with Gasteiger partial charge < -0.3 is 15.2 Å². The molecular weight excluding hydrogens is 344 g/mol. The highest BCUT2D eigenvalue weighted by Crippen LogP contribution is 2.27. The fraction of sp³-hybridized carbons (Fsp3) is 0.154. The molecule has 0 saturated carbocycles. The quantitative estimate of drug-likeness (QED) is 0.377. The minimum absolute atomic E-state index is 0.0367. The highest BCUT2D eigenvalue weighted by atomic mass is 79.9. The second-order valence-electron chi connectivity index (χ2n) is 3.59. The summed E-state index contributed by atoms with van der Waals surface area (Å²) in [6.45, 7) is -0.180. The lowest BCUT2D eigenvalue weighted by atomic mass is 10.1. The lowest BCUT2D eigenvalue weighted by Gasteiger charge is -2.07. The molecule has 5 nitrogen and oxygen atoms in total. The van der Waals surface area contributed by atoms with Crippen molar-refractivity contribution in [2.75, 3.05) is 13.7 Å². The van der Waals surface area contributed by atoms with Gasteiger partial charge in [-0.2, -0.15) is 5.26 Å². The maximum atomic E-state index is 11.0. The Balaban J connectivity index is 2.91. The summed E-state index contributed by atoms with van der Waals surface area (Å²) in [4.78, 5) is 11.0. The maximum Gasteiger partial charge on any atom is 0.343 e. The topological polar surface area (TPSA) is 85.3 Å². The second-order valence-corrected chi connectivity index (χ2v) is 4.88. The Morgan fingerprint density at radius 2 is 2.30 bits per heavy atom. The van der Waals surface area contributed by atoms with Gasteiger partial charge in [0.2, 0.25) is 0 Å². The first-order chi connectivity index (χ1) is 9.47. The summed E-state index contributed by atoms with van der Waals surface area (Å²) >= 11 is 8.07. The molecule has 1 aromatic rings. The molecule has 0 bridgehead atoms. The molecule has 104 valence electrons. The number of nitrogens with two attached hydrogens (primary N) is 1. The van der Waals surface area contributed by atoms with Crippen molar-refractivity contribution in [3.63, 3.8) is 0 Å². The van der Waals surface area contributed by atoms with Crippen LogP contribution in [-0.4, -0.2) is 24.7 Å². The third-order valence-corrected chi connectivity index (χ3v) is 3.07. The van der Waals surface area contributed by atoms with E-state index in [4.69, 9.17) is 28.0 Å². The zero-order valence-corrected chi connectivity index (χ0v) is 13.0. The van der Waals surface area contributed by atoms with E-state index < -0.39 is 5.97 Å². The molecule has 1 rings (SSSR count). The van der Waals surface area contributed by atoms with E-state index >= 15 is 0 Å². The first-order valence-corrected chi connectivity index (χ1v) is 6.58. The van der Waals surface area contributed by atoms with Crippen LogP contribution in [0, 0.1) is 11.3 Å². The monoisotopic (exact) mass is 354 g/mol. The van der Waals surface area contributed by atoms with Gasteiger partial charge in [0.25, 0.3) is 0 Å². The Morgan fingerprint density at radius 1 is 1.60 bits per heavy atom. The third kappa shape index (κ3) is 4.64. The number of methoxy groups -OCH3 is 1. The van der Waals surface area contributed by atoms with Crippen molar-refractivity contribution in [2.24, 2.45) is 5.73 Å². The van der Waals surface area contributed by atoms with E-state index in [2.05, 4.69) is 20.7 Å². The standard InChI is InChI=1S/C13H11BrN2O3S/c1-18-12(17)7-19-11-3-2-8(5-10(11)14)4-9(6-15)13(16)20/h2-5H,7H2,1H3,(H2,16,20)/b9-4+. The van der Waals surface area contributed by atoms with Crippen LogP contribution < -0.4 is 10.5 Å². The van der Waals surface area contributed by atoms with Crippen LogP contribution in [0.5, 0.6) is 5.75 Å². The minimum atomic E-state index is -0.471. The fourth-order valence-corrected chi connectivity index (χ4v) is 1.86. The summed E-state index contributed by atoms with van der Waals surface area (Å²) in [5.74, 6) is 0.0162. The summed E-state index contributed by atoms with van der Waals surface area (Å²) in [7, 11) is 1.29. The molecule has 7 heteroatoms. The second kappa shape index (κ2) is 7.62. The van der Waals surface area contributed by atoms with Crippen molar-refractivity contribution >= 4 is 45.2 Å². The summed E-state index contributed by atoms with van der Waals surface area (Å²) in [5, 5.41) is 8.88. The van der Waals surface area contributed by atoms with Gasteiger partial charge in [-0.3, -0.25) is 0 Å². The van der Waals surface area contributed by atoms with Crippen molar-refractivity contribution < 1.29 is 14.3 Å². The number of hydrogen-bond donors (Lipinski definition) is 1. The van der Waals surface area contributed by atoms with Crippen LogP contribution in [0.4, 0.5) is 0 Å². The number of thiocarbonyl (C=S) groups is 1. The van der Waals surface area contributed by atoms with Gasteiger partial charge in [-0.1, -0.05) is 18.3 Å². The molecule has 0 radical (unpaired) electrons. The van der Waals surface area contributed by atoms with Gasteiger partial charge in [-0.05, 0) is 39.7 Å². The lowest BCUT2D eigenvalue weighted by molar-refractivity contribution is -0.142. The Bertz CT molecular complexity index is 608. The fourth-order valence-electron chi connectivity index (χ4n) is 1.24. The molecule has 0 amide bonds. The number of benzene rings is 1. The van der Waals surface area contributed by atoms with E-state index in [1.54, 1.807) is 24.3 Å². The van der Waals surface area contributed by atoms with E-state index in [1.807, 2.05) is 6.07 Å². The molecule has 0 atom stereocenters. The molecule has 0 aliphatic heterocycles. The smallest absolute Gasteiger partial charge is 0.343 e. The van der Waals surface area contributed by atoms with Gasteiger partial charge in [0.05, 0.1) is 17.2 Å². The van der Waals surface area contributed by atoms with Gasteiger partial charge in [0, 0.05) is 0 Å². The summed E-state index contributed by atoms with van der Waals surface area (Å²) in [6, 6.07) is 7.02. The van der Waals surface area contributed by atoms with Crippen LogP contribution in [0.3, 0.4) is 0 Å². The van der Waals surface area contributed by atoms with Gasteiger partial charge in [0.15, 0.2) is 6.61 Å². The van der Waals surface area contributed by atoms with Crippen molar-refractivity contribution in [3.05, 3.63) is 33.8 Å². The Labute approximate surface area is 130 Å². The predicted octanol–water partition coefficient (Wildman–Crippen LogP) is 2.19. The zero-order chi connectivity index (χ0) is 15.1. The molecule has 0 saturated heterocycles. The number of nitriles is 1. The Hall–Kier alpha value is -1.91. The number of ether oxygens (including phenoxy) is 2. The Kier molecular flexibility index (Phi) is 6.15. The molecular formula is C13H11BrN2O3S. The average Bonchev–Trinajstić information content (AvgIpc) is 2.42. The molecule has 0 aliphatic carbocycles. The highest BCUT2D eigenvalue weighted by molar-refractivity contribution is 9.10. The van der Waals surface area contributed by atoms with Crippen molar-refractivity contribution in [1.29, 1.82) is 5.26 Å².